The largest absolute Gasteiger partial charge is 0.457 e. The van der Waals surface area contributed by atoms with Gasteiger partial charge in [-0.25, -0.2) is 4.79 Å². The van der Waals surface area contributed by atoms with Crippen LogP contribution in [0.4, 0.5) is 0 Å². The van der Waals surface area contributed by atoms with Crippen molar-refractivity contribution in [3.63, 3.8) is 0 Å². The molecule has 0 N–H and O–H groups in total. The minimum Gasteiger partial charge on any atom is -0.457 e. The summed E-state index contributed by atoms with van der Waals surface area (Å²) in [6.45, 7) is 3.72. The van der Waals surface area contributed by atoms with Crippen molar-refractivity contribution in [1.29, 1.82) is 0 Å². The summed E-state index contributed by atoms with van der Waals surface area (Å²) in [5, 5.41) is 0.553. The van der Waals surface area contributed by atoms with Gasteiger partial charge in [-0.3, -0.25) is 14.5 Å². The van der Waals surface area contributed by atoms with Crippen LogP contribution >= 0.6 is 11.6 Å². The summed E-state index contributed by atoms with van der Waals surface area (Å²) in [5.41, 5.74) is 1.44. The second kappa shape index (κ2) is 6.91. The summed E-state index contributed by atoms with van der Waals surface area (Å²) in [5.74, 6) is -1.41. The molecule has 0 aromatic heterocycles. The van der Waals surface area contributed by atoms with Crippen LogP contribution in [-0.2, 0) is 11.3 Å². The average molecular weight is 356 g/mol. The second-order valence-corrected chi connectivity index (χ2v) is 5.91. The lowest BCUT2D eigenvalue weighted by Gasteiger charge is -2.09. The molecule has 5 nitrogen and oxygen atoms in total. The van der Waals surface area contributed by atoms with Crippen LogP contribution in [-0.4, -0.2) is 29.2 Å². The van der Waals surface area contributed by atoms with Gasteiger partial charge in [0.25, 0.3) is 11.8 Å². The number of benzene rings is 2. The molecule has 1 heterocycles. The second-order valence-electron chi connectivity index (χ2n) is 5.48. The molecule has 0 aliphatic carbocycles. The van der Waals surface area contributed by atoms with Crippen molar-refractivity contribution >= 4 is 29.4 Å². The third-order valence-electron chi connectivity index (χ3n) is 3.78. The molecule has 126 valence electrons. The van der Waals surface area contributed by atoms with E-state index >= 15 is 0 Å². The molecule has 0 saturated carbocycles. The number of nitrogens with zero attached hydrogens (tertiary/aromatic N) is 1. The number of esters is 1. The van der Waals surface area contributed by atoms with Crippen LogP contribution in [0.1, 0.15) is 36.6 Å². The van der Waals surface area contributed by atoms with Gasteiger partial charge in [-0.15, -0.1) is 6.58 Å². The van der Waals surface area contributed by atoms with Crippen LogP contribution in [0.5, 0.6) is 0 Å². The Balaban J connectivity index is 1.76. The maximum atomic E-state index is 12.3. The molecule has 25 heavy (non-hydrogen) atoms. The summed E-state index contributed by atoms with van der Waals surface area (Å²) in [6, 6.07) is 11.3. The zero-order chi connectivity index (χ0) is 18.0. The van der Waals surface area contributed by atoms with Gasteiger partial charge in [0, 0.05) is 11.6 Å². The first-order chi connectivity index (χ1) is 12.0. The van der Waals surface area contributed by atoms with Crippen LogP contribution in [0.15, 0.2) is 55.1 Å². The van der Waals surface area contributed by atoms with Crippen LogP contribution in [0, 0.1) is 0 Å². The van der Waals surface area contributed by atoms with Crippen LogP contribution in [0.3, 0.4) is 0 Å². The highest BCUT2D eigenvalue weighted by molar-refractivity contribution is 6.30. The van der Waals surface area contributed by atoms with Gasteiger partial charge >= 0.3 is 5.97 Å². The maximum absolute atomic E-state index is 12.3. The van der Waals surface area contributed by atoms with Crippen molar-refractivity contribution in [1.82, 2.24) is 4.90 Å². The monoisotopic (exact) mass is 355 g/mol. The van der Waals surface area contributed by atoms with Gasteiger partial charge in [-0.2, -0.15) is 0 Å². The fourth-order valence-corrected chi connectivity index (χ4v) is 2.78. The van der Waals surface area contributed by atoms with E-state index in [1.807, 2.05) is 0 Å². The number of imide groups is 1. The first kappa shape index (κ1) is 16.9. The summed E-state index contributed by atoms with van der Waals surface area (Å²) in [6.07, 6.45) is 1.47. The predicted molar refractivity (Wildman–Crippen MR) is 92.6 cm³/mol. The Morgan fingerprint density at radius 1 is 1.12 bits per heavy atom. The van der Waals surface area contributed by atoms with Gasteiger partial charge in [0.1, 0.15) is 6.61 Å². The van der Waals surface area contributed by atoms with E-state index in [9.17, 15) is 14.4 Å². The van der Waals surface area contributed by atoms with Crippen LogP contribution in [0.25, 0.3) is 0 Å². The number of hydrogen-bond donors (Lipinski definition) is 0. The molecule has 0 unspecified atom stereocenters. The molecule has 2 aromatic carbocycles. The van der Waals surface area contributed by atoms with Crippen LogP contribution in [0.2, 0.25) is 5.02 Å². The lowest BCUT2D eigenvalue weighted by molar-refractivity contribution is 0.0472. The highest BCUT2D eigenvalue weighted by atomic mass is 35.5. The molecular formula is C19H14ClNO4. The number of ether oxygens (including phenoxy) is 1. The number of fused-ring (bicyclic) bond motifs is 1. The van der Waals surface area contributed by atoms with E-state index in [0.717, 1.165) is 10.5 Å². The van der Waals surface area contributed by atoms with Gasteiger partial charge in [-0.1, -0.05) is 29.8 Å². The first-order valence-corrected chi connectivity index (χ1v) is 7.92. The summed E-state index contributed by atoms with van der Waals surface area (Å²) in [7, 11) is 0. The molecule has 0 radical (unpaired) electrons. The smallest absolute Gasteiger partial charge is 0.338 e. The molecule has 3 rings (SSSR count). The molecule has 2 aromatic rings. The average Bonchev–Trinajstić information content (AvgIpc) is 2.84. The number of hydrogen-bond acceptors (Lipinski definition) is 4. The minimum atomic E-state index is -0.579. The van der Waals surface area contributed by atoms with Crippen molar-refractivity contribution < 1.29 is 19.1 Å². The number of halogens is 1. The van der Waals surface area contributed by atoms with Crippen LogP contribution < -0.4 is 0 Å². The third-order valence-corrected chi connectivity index (χ3v) is 4.01. The van der Waals surface area contributed by atoms with E-state index in [4.69, 9.17) is 16.3 Å². The zero-order valence-electron chi connectivity index (χ0n) is 13.2. The summed E-state index contributed by atoms with van der Waals surface area (Å²) < 4.78 is 5.24. The van der Waals surface area contributed by atoms with E-state index in [0.29, 0.717) is 5.02 Å². The maximum Gasteiger partial charge on any atom is 0.338 e. The van der Waals surface area contributed by atoms with E-state index < -0.39 is 17.8 Å². The molecular weight excluding hydrogens is 342 g/mol. The Labute approximate surface area is 149 Å². The highest BCUT2D eigenvalue weighted by Gasteiger charge is 2.35. The first-order valence-electron chi connectivity index (χ1n) is 7.54. The van der Waals surface area contributed by atoms with Crippen molar-refractivity contribution in [2.45, 2.75) is 6.61 Å². The molecule has 0 atom stereocenters. The minimum absolute atomic E-state index is 0.0615. The normalized spacial score (nSPS) is 12.9. The molecule has 1 aliphatic heterocycles. The Bertz CT molecular complexity index is 891. The fraction of sp³-hybridized carbons (Fsp3) is 0.105. The van der Waals surface area contributed by atoms with Gasteiger partial charge in [0.15, 0.2) is 0 Å². The quantitative estimate of drug-likeness (QED) is 0.468. The molecule has 0 spiro atoms. The molecule has 6 heteroatoms. The summed E-state index contributed by atoms with van der Waals surface area (Å²) >= 11 is 5.89. The number of rotatable bonds is 5. The zero-order valence-corrected chi connectivity index (χ0v) is 14.0. The standard InChI is InChI=1S/C19H14ClNO4/c1-2-8-21-17(22)15-7-6-13(10-16(15)18(21)23)19(24)25-11-12-4-3-5-14(20)9-12/h2-7,9-10H,1,8,11H2. The van der Waals surface area contributed by atoms with Gasteiger partial charge in [0.05, 0.1) is 16.7 Å². The van der Waals surface area contributed by atoms with Gasteiger partial charge in [0.2, 0.25) is 0 Å². The molecule has 0 saturated heterocycles. The third kappa shape index (κ3) is 3.32. The van der Waals surface area contributed by atoms with E-state index in [-0.39, 0.29) is 29.8 Å². The number of carbonyl (C=O) groups excluding carboxylic acids is 3. The SMILES string of the molecule is C=CCN1C(=O)c2ccc(C(=O)OCc3cccc(Cl)c3)cc2C1=O. The Morgan fingerprint density at radius 2 is 1.88 bits per heavy atom. The highest BCUT2D eigenvalue weighted by Crippen LogP contribution is 2.24. The predicted octanol–water partition coefficient (Wildman–Crippen LogP) is 3.48. The summed E-state index contributed by atoms with van der Waals surface area (Å²) in [4.78, 5) is 37.7. The topological polar surface area (TPSA) is 63.7 Å². The molecule has 0 bridgehead atoms. The van der Waals surface area contributed by atoms with Crippen molar-refractivity contribution in [2.75, 3.05) is 6.54 Å². The van der Waals surface area contributed by atoms with Crippen molar-refractivity contribution in [3.8, 4) is 0 Å². The van der Waals surface area contributed by atoms with E-state index in [1.165, 1.54) is 24.3 Å². The molecule has 2 amide bonds. The number of carbonyl (C=O) groups is 3. The Kier molecular flexibility index (Phi) is 4.67. The van der Waals surface area contributed by atoms with Gasteiger partial charge < -0.3 is 4.74 Å². The van der Waals surface area contributed by atoms with E-state index in [2.05, 4.69) is 6.58 Å². The van der Waals surface area contributed by atoms with Crippen molar-refractivity contribution in [3.05, 3.63) is 82.4 Å². The van der Waals surface area contributed by atoms with Gasteiger partial charge in [-0.05, 0) is 35.9 Å². The fourth-order valence-electron chi connectivity index (χ4n) is 2.57. The van der Waals surface area contributed by atoms with Crippen molar-refractivity contribution in [2.24, 2.45) is 0 Å². The molecule has 0 fully saturated rings. The Hall–Kier alpha value is -2.92. The lowest BCUT2D eigenvalue weighted by Crippen LogP contribution is -2.29. The Morgan fingerprint density at radius 3 is 2.60 bits per heavy atom. The number of amides is 2. The lowest BCUT2D eigenvalue weighted by atomic mass is 10.1. The van der Waals surface area contributed by atoms with E-state index in [1.54, 1.807) is 24.3 Å². The molecule has 1 aliphatic rings.